The number of piperidine rings is 4. The Morgan fingerprint density at radius 3 is 0.947 bits per heavy atom. The molecule has 12 aliphatic rings. The number of unbranched alkanes of at least 4 members (excludes halogenated alkanes) is 4. The molecule has 0 unspecified atom stereocenters. The van der Waals surface area contributed by atoms with Gasteiger partial charge in [0.05, 0.1) is 50.3 Å². The standard InChI is InChI=1S/C16H36N.C14H20N4O6S.C14H20N4O3.2C13H19N5O6S/c1-5-9-13-17(14-10-6-2,15-11-7-3)16-12-8-4;1-8-4-9(5-8)6-12-15-16-13(23-12)11-3-2-10-7-17(11)14(19)18(10)24-25(20,21)22;1-8-4-9(5-8)6-12-15-16-13(21-12)11-3-2-10-7-17(11)14(19)18(10)20;2*14-8-3-7(4-8)5-11-15-16-12(23-11)10-2-1-9-6-17(10)13(19)18(9)24-25(20,21)22/h5-16H2,1-4H3;8-11H,2-7H2,1H3,(H,20,21,22);8-11,20H,2-7H2,1H3;2*7-10H,1-6,14H2,(H,20,21,22)/q+1;;;;/p-1/t;2*8?,9?,10-,11+;2*7?,8?,9-,10+/m.1111/s1. The van der Waals surface area contributed by atoms with E-state index < -0.39 is 85.5 Å². The number of carbonyl (C=O) groups excluding carboxylic acids is 4. The van der Waals surface area contributed by atoms with Crippen molar-refractivity contribution >= 4 is 55.3 Å². The summed E-state index contributed by atoms with van der Waals surface area (Å²) in [6, 6.07) is -4.71. The molecule has 113 heavy (non-hydrogen) atoms. The number of fused-ring (bicyclic) bond motifs is 8. The second-order valence-electron chi connectivity index (χ2n) is 33.2. The van der Waals surface area contributed by atoms with Crippen LogP contribution < -0.4 is 11.5 Å². The SMILES string of the molecule is CC1CC(Cc2nnc([C@@H]3CC[C@@H]4CN3C(=O)N4O)o2)C1.CC1CC(Cc2nnc([C@@H]3CC[C@@H]4CN3C(=O)N4OS(=O)(=O)[O-])o2)C1.CCCC[N+](CCCC)(CCCC)CCCC.NC1CC(Cc2nnc([C@@H]3CC[C@@H]4CN3C(=O)N4OS(=O)(=O)O)o2)C1.NC1CC(Cc2nnc([C@@H]3CC[C@@H]4CN3C(=O)N4OS(=O)(=O)O)o2)C1. The maximum absolute atomic E-state index is 12.4. The van der Waals surface area contributed by atoms with Crippen molar-refractivity contribution in [3.05, 3.63) is 47.1 Å². The number of nitrogens with two attached hydrogens (primary N) is 2. The molecule has 4 aromatic rings. The topological polar surface area (TPSA) is 516 Å². The van der Waals surface area contributed by atoms with Crippen LogP contribution in [0.3, 0.4) is 0 Å². The first-order valence-corrected chi connectivity index (χ1v) is 44.5. The van der Waals surface area contributed by atoms with Gasteiger partial charge in [-0.2, -0.15) is 36.3 Å². The van der Waals surface area contributed by atoms with Gasteiger partial charge in [0.25, 0.3) is 0 Å². The van der Waals surface area contributed by atoms with Gasteiger partial charge in [-0.15, -0.1) is 49.4 Å². The molecule has 0 aromatic carbocycles. The predicted molar refractivity (Wildman–Crippen MR) is 393 cm³/mol. The fourth-order valence-corrected chi connectivity index (χ4v) is 19.3. The Hall–Kier alpha value is -6.91. The second-order valence-corrected chi connectivity index (χ2v) is 36.2. The summed E-state index contributed by atoms with van der Waals surface area (Å²) in [6.07, 6.45) is 27.1. The molecule has 0 radical (unpaired) electrons. The Bertz CT molecular complexity index is 3860. The molecular formula is C70H113N19O21S3. The van der Waals surface area contributed by atoms with Crippen molar-refractivity contribution in [3.63, 3.8) is 0 Å². The fourth-order valence-electron chi connectivity index (χ4n) is 18.1. The number of carbonyl (C=O) groups is 4. The van der Waals surface area contributed by atoms with Gasteiger partial charge in [0.1, 0.15) is 24.2 Å². The molecule has 8 amide bonds. The molecule has 8 aliphatic heterocycles. The van der Waals surface area contributed by atoms with E-state index in [0.717, 1.165) is 81.1 Å². The van der Waals surface area contributed by atoms with E-state index in [4.69, 9.17) is 38.2 Å². The van der Waals surface area contributed by atoms with Crippen LogP contribution in [0, 0.1) is 35.5 Å². The largest absolute Gasteiger partial charge is 0.724 e. The van der Waals surface area contributed by atoms with Crippen molar-refractivity contribution in [2.45, 2.75) is 282 Å². The molecule has 16 rings (SSSR count). The number of rotatable bonds is 30. The lowest BCUT2D eigenvalue weighted by atomic mass is 9.74. The van der Waals surface area contributed by atoms with E-state index in [1.54, 1.807) is 4.90 Å². The molecule has 8 saturated heterocycles. The summed E-state index contributed by atoms with van der Waals surface area (Å²) in [5.41, 5.74) is 11.5. The summed E-state index contributed by atoms with van der Waals surface area (Å²) >= 11 is 0. The monoisotopic (exact) mass is 1650 g/mol. The second kappa shape index (κ2) is 36.7. The number of hydrogen-bond donors (Lipinski definition) is 5. The molecule has 12 fully saturated rings. The molecule has 4 aliphatic carbocycles. The van der Waals surface area contributed by atoms with Gasteiger partial charge in [0.15, 0.2) is 0 Å². The minimum atomic E-state index is -4.99. The van der Waals surface area contributed by atoms with Crippen molar-refractivity contribution in [2.75, 3.05) is 52.4 Å². The Morgan fingerprint density at radius 2 is 0.681 bits per heavy atom. The first-order chi connectivity index (χ1) is 53.8. The van der Waals surface area contributed by atoms with E-state index in [2.05, 4.69) is 95.2 Å². The smallest absolute Gasteiger partial charge is 0.418 e. The maximum atomic E-state index is 12.4. The summed E-state index contributed by atoms with van der Waals surface area (Å²) in [7, 11) is -14.5. The van der Waals surface area contributed by atoms with E-state index in [1.165, 1.54) is 110 Å². The summed E-state index contributed by atoms with van der Waals surface area (Å²) < 4.78 is 131. The van der Waals surface area contributed by atoms with E-state index in [-0.39, 0.29) is 49.8 Å². The number of aromatic nitrogens is 8. The zero-order valence-electron chi connectivity index (χ0n) is 65.4. The van der Waals surface area contributed by atoms with E-state index in [0.29, 0.717) is 144 Å². The Balaban J connectivity index is 0.000000132. The predicted octanol–water partition coefficient (Wildman–Crippen LogP) is 8.03. The third kappa shape index (κ3) is 21.5. The van der Waals surface area contributed by atoms with Crippen LogP contribution in [0.2, 0.25) is 0 Å². The molecule has 632 valence electrons. The molecule has 43 heteroatoms. The quantitative estimate of drug-likeness (QED) is 0.0143. The van der Waals surface area contributed by atoms with Crippen molar-refractivity contribution in [1.29, 1.82) is 0 Å². The van der Waals surface area contributed by atoms with Crippen molar-refractivity contribution in [1.82, 2.24) is 80.6 Å². The van der Waals surface area contributed by atoms with Crippen LogP contribution in [0.15, 0.2) is 17.7 Å². The fraction of sp³-hybridized carbons (Fsp3) is 0.829. The van der Waals surface area contributed by atoms with Gasteiger partial charge in [-0.1, -0.05) is 67.2 Å². The van der Waals surface area contributed by atoms with Crippen LogP contribution in [0.25, 0.3) is 0 Å². The lowest BCUT2D eigenvalue weighted by Crippen LogP contribution is -2.50. The molecule has 4 saturated carbocycles. The molecule has 7 N–H and O–H groups in total. The number of hydroxylamine groups is 8. The van der Waals surface area contributed by atoms with Crippen LogP contribution in [-0.4, -0.2) is 242 Å². The van der Waals surface area contributed by atoms with Crippen molar-refractivity contribution in [3.8, 4) is 0 Å². The highest BCUT2D eigenvalue weighted by atomic mass is 32.3. The van der Waals surface area contributed by atoms with Crippen LogP contribution in [0.4, 0.5) is 19.2 Å². The van der Waals surface area contributed by atoms with Crippen LogP contribution in [0.1, 0.15) is 267 Å². The summed E-state index contributed by atoms with van der Waals surface area (Å²) in [6.45, 7) is 20.8. The van der Waals surface area contributed by atoms with Crippen LogP contribution in [-0.2, 0) is 69.7 Å². The average molecular weight is 1650 g/mol. The molecule has 40 nitrogen and oxygen atoms in total. The minimum Gasteiger partial charge on any atom is -0.724 e. The first kappa shape index (κ1) is 85.5. The van der Waals surface area contributed by atoms with Gasteiger partial charge >= 0.3 is 44.9 Å². The summed E-state index contributed by atoms with van der Waals surface area (Å²) in [5.74, 6) is 7.49. The van der Waals surface area contributed by atoms with E-state index in [1.807, 2.05) is 0 Å². The molecule has 4 aromatic heterocycles. The summed E-state index contributed by atoms with van der Waals surface area (Å²) in [5, 5.41) is 45.2. The molecule has 12 heterocycles. The highest BCUT2D eigenvalue weighted by Gasteiger charge is 2.53. The van der Waals surface area contributed by atoms with Gasteiger partial charge in [-0.3, -0.25) is 14.3 Å². The third-order valence-corrected chi connectivity index (χ3v) is 25.2. The Labute approximate surface area is 659 Å². The number of amides is 8. The normalized spacial score (nSPS) is 29.7. The van der Waals surface area contributed by atoms with Gasteiger partial charge in [0.2, 0.25) is 57.5 Å². The zero-order valence-corrected chi connectivity index (χ0v) is 67.8. The van der Waals surface area contributed by atoms with Gasteiger partial charge in [-0.25, -0.2) is 32.7 Å². The van der Waals surface area contributed by atoms with E-state index in [9.17, 15) is 54.2 Å². The maximum Gasteiger partial charge on any atom is 0.418 e. The van der Waals surface area contributed by atoms with Crippen LogP contribution in [0.5, 0.6) is 0 Å². The molecule has 0 spiro atoms. The van der Waals surface area contributed by atoms with Gasteiger partial charge in [-0.05, 0) is 164 Å². The van der Waals surface area contributed by atoms with Crippen LogP contribution >= 0.6 is 0 Å². The Kier molecular flexibility index (Phi) is 27.8. The molecule has 8 atom stereocenters. The third-order valence-electron chi connectivity index (χ3n) is 24.2. The highest BCUT2D eigenvalue weighted by Crippen LogP contribution is 2.45. The first-order valence-electron chi connectivity index (χ1n) is 40.5. The van der Waals surface area contributed by atoms with E-state index >= 15 is 0 Å². The van der Waals surface area contributed by atoms with Gasteiger partial charge < -0.3 is 57.8 Å². The van der Waals surface area contributed by atoms with Gasteiger partial charge in [0, 0.05) is 63.9 Å². The van der Waals surface area contributed by atoms with Crippen molar-refractivity contribution in [2.24, 2.45) is 47.0 Å². The highest BCUT2D eigenvalue weighted by molar-refractivity contribution is 7.81. The lowest BCUT2D eigenvalue weighted by molar-refractivity contribution is -0.929. The number of nitrogens with zero attached hydrogens (tertiary/aromatic N) is 17. The Morgan fingerprint density at radius 1 is 0.416 bits per heavy atom. The number of urea groups is 4. The number of hydrogen-bond acceptors (Lipinski definition) is 29. The molecule has 8 bridgehead atoms. The molecular weight excluding hydrogens is 1540 g/mol. The lowest BCUT2D eigenvalue weighted by Gasteiger charge is -2.39. The average Bonchev–Trinajstić information content (AvgIpc) is 1.61. The minimum absolute atomic E-state index is 0.0902. The van der Waals surface area contributed by atoms with Crippen molar-refractivity contribution < 1.29 is 98.3 Å². The summed E-state index contributed by atoms with van der Waals surface area (Å²) in [4.78, 5) is 55.0. The number of quaternary nitrogens is 1. The zero-order chi connectivity index (χ0) is 80.8.